The first-order valence-corrected chi connectivity index (χ1v) is 4.93. The molecule has 0 bridgehead atoms. The quantitative estimate of drug-likeness (QED) is 0.794. The molecule has 1 aromatic rings. The summed E-state index contributed by atoms with van der Waals surface area (Å²) in [6, 6.07) is 3.22. The van der Waals surface area contributed by atoms with Crippen LogP contribution in [0.2, 0.25) is 15.1 Å². The third-order valence-electron chi connectivity index (χ3n) is 1.34. The lowest BCUT2D eigenvalue weighted by atomic mass is 10.3. The Labute approximate surface area is 109 Å². The lowest BCUT2D eigenvalue weighted by molar-refractivity contribution is -0.344. The largest absolute Gasteiger partial charge is 0.542 e. The summed E-state index contributed by atoms with van der Waals surface area (Å²) < 4.78 is 31.5. The van der Waals surface area contributed by atoms with Gasteiger partial charge in [0.15, 0.2) is 5.69 Å². The van der Waals surface area contributed by atoms with Gasteiger partial charge >= 0.3 is 6.18 Å². The first-order valence-electron chi connectivity index (χ1n) is 3.80. The molecule has 0 heterocycles. The van der Waals surface area contributed by atoms with Gasteiger partial charge in [-0.3, -0.25) is 0 Å². The van der Waals surface area contributed by atoms with Crippen molar-refractivity contribution in [3.8, 4) is 0 Å². The van der Waals surface area contributed by atoms with Gasteiger partial charge in [-0.1, -0.05) is 34.8 Å². The van der Waals surface area contributed by atoms with Crippen molar-refractivity contribution in [2.45, 2.75) is 6.18 Å². The van der Waals surface area contributed by atoms with Crippen LogP contribution in [0, 0.1) is 0 Å². The number of halogens is 6. The minimum Gasteiger partial charge on any atom is -0.542 e. The fourth-order valence-electron chi connectivity index (χ4n) is 0.572. The Bertz CT molecular complexity index is 400. The van der Waals surface area contributed by atoms with Crippen LogP contribution in [0.25, 0.3) is 0 Å². The Hall–Kier alpha value is -0.690. The summed E-state index contributed by atoms with van der Waals surface area (Å²) in [4.78, 5) is 8.78. The molecule has 0 unspecified atom stereocenters. The van der Waals surface area contributed by atoms with Crippen molar-refractivity contribution in [3.05, 3.63) is 27.2 Å². The number of carboxylic acids is 1. The topological polar surface area (TPSA) is 67.8 Å². The molecule has 1 aromatic carbocycles. The molecule has 9 heteroatoms. The number of carbonyl (C=O) groups excluding carboxylic acids is 1. The molecule has 0 fully saturated rings. The highest BCUT2D eigenvalue weighted by Crippen LogP contribution is 2.29. The van der Waals surface area contributed by atoms with Crippen molar-refractivity contribution in [2.24, 2.45) is 0 Å². The Morgan fingerprint density at radius 1 is 1.18 bits per heavy atom. The van der Waals surface area contributed by atoms with Crippen LogP contribution in [0.4, 0.5) is 18.9 Å². The molecule has 0 aliphatic heterocycles. The molecule has 0 aliphatic rings. The normalized spacial score (nSPS) is 10.5. The Balaban J connectivity index is 0.000000325. The van der Waals surface area contributed by atoms with Gasteiger partial charge in [-0.25, -0.2) is 0 Å². The summed E-state index contributed by atoms with van der Waals surface area (Å²) in [7, 11) is 0. The maximum atomic E-state index is 10.5. The van der Waals surface area contributed by atoms with Crippen LogP contribution in [0.15, 0.2) is 12.1 Å². The van der Waals surface area contributed by atoms with Gasteiger partial charge in [0.1, 0.15) is 16.0 Å². The molecule has 0 aliphatic carbocycles. The second kappa shape index (κ2) is 6.30. The van der Waals surface area contributed by atoms with E-state index in [1.165, 1.54) is 0 Å². The Kier molecular flexibility index (Phi) is 6.04. The Morgan fingerprint density at radius 3 is 1.71 bits per heavy atom. The number of hydrogen-bond acceptors (Lipinski definition) is 2. The summed E-state index contributed by atoms with van der Waals surface area (Å²) in [5.74, 6) is -3.01. The lowest BCUT2D eigenvalue weighted by Gasteiger charge is -2.03. The van der Waals surface area contributed by atoms with Crippen LogP contribution in [0.1, 0.15) is 0 Å². The first kappa shape index (κ1) is 16.3. The molecule has 0 saturated heterocycles. The van der Waals surface area contributed by atoms with E-state index in [-0.39, 0.29) is 0 Å². The molecule has 0 radical (unpaired) electrons. The number of carboxylic acid groups (broad SMARTS) is 1. The van der Waals surface area contributed by atoms with Crippen LogP contribution in [0.3, 0.4) is 0 Å². The second-order valence-corrected chi connectivity index (χ2v) is 3.88. The number of quaternary nitrogens is 1. The molecule has 0 amide bonds. The van der Waals surface area contributed by atoms with E-state index in [0.717, 1.165) is 0 Å². The van der Waals surface area contributed by atoms with E-state index < -0.39 is 12.1 Å². The summed E-state index contributed by atoms with van der Waals surface area (Å²) in [5, 5.41) is 10.3. The van der Waals surface area contributed by atoms with Crippen molar-refractivity contribution >= 4 is 46.5 Å². The van der Waals surface area contributed by atoms with Gasteiger partial charge in [0.2, 0.25) is 0 Å². The number of alkyl halides is 3. The highest BCUT2D eigenvalue weighted by Gasteiger charge is 2.28. The van der Waals surface area contributed by atoms with Gasteiger partial charge < -0.3 is 15.6 Å². The molecule has 3 N–H and O–H groups in total. The predicted molar refractivity (Wildman–Crippen MR) is 55.1 cm³/mol. The molecule has 0 aromatic heterocycles. The van der Waals surface area contributed by atoms with Gasteiger partial charge in [-0.15, -0.1) is 0 Å². The molecular weight excluding hydrogens is 305 g/mol. The third-order valence-corrected chi connectivity index (χ3v) is 2.23. The van der Waals surface area contributed by atoms with E-state index in [1.807, 2.05) is 0 Å². The molecule has 0 spiro atoms. The molecule has 3 nitrogen and oxygen atoms in total. The monoisotopic (exact) mass is 309 g/mol. The highest BCUT2D eigenvalue weighted by molar-refractivity contribution is 6.40. The molecule has 0 saturated carbocycles. The molecular formula is C8H5Cl3F3NO2. The van der Waals surface area contributed by atoms with E-state index in [0.29, 0.717) is 20.8 Å². The summed E-state index contributed by atoms with van der Waals surface area (Å²) in [6.45, 7) is 0. The number of carbonyl (C=O) groups is 1. The minimum atomic E-state index is -5.19. The van der Waals surface area contributed by atoms with E-state index >= 15 is 0 Å². The van der Waals surface area contributed by atoms with Gasteiger partial charge in [0, 0.05) is 5.02 Å². The third kappa shape index (κ3) is 5.97. The zero-order valence-electron chi connectivity index (χ0n) is 7.95. The van der Waals surface area contributed by atoms with Crippen molar-refractivity contribution in [3.63, 3.8) is 0 Å². The van der Waals surface area contributed by atoms with Gasteiger partial charge in [-0.05, 0) is 12.1 Å². The van der Waals surface area contributed by atoms with Crippen molar-refractivity contribution < 1.29 is 28.8 Å². The molecule has 0 atom stereocenters. The van der Waals surface area contributed by atoms with Crippen LogP contribution < -0.4 is 10.8 Å². The number of aliphatic carboxylic acids is 1. The lowest BCUT2D eigenvalue weighted by Crippen LogP contribution is -2.40. The van der Waals surface area contributed by atoms with Gasteiger partial charge in [0.05, 0.1) is 0 Å². The summed E-state index contributed by atoms with van der Waals surface area (Å²) >= 11 is 17.0. The molecule has 1 rings (SSSR count). The fraction of sp³-hybridized carbons (Fsp3) is 0.125. The second-order valence-electron chi connectivity index (χ2n) is 2.63. The standard InChI is InChI=1S/C6H4Cl3N.C2HF3O2/c7-3-1-4(8)6(10)5(9)2-3;3-2(4,5)1(6)7/h1-2H,10H2;(H,6,7). The van der Waals surface area contributed by atoms with Crippen LogP contribution in [-0.2, 0) is 4.79 Å². The van der Waals surface area contributed by atoms with Crippen molar-refractivity contribution in [1.82, 2.24) is 0 Å². The fourth-order valence-corrected chi connectivity index (χ4v) is 1.39. The van der Waals surface area contributed by atoms with Crippen LogP contribution >= 0.6 is 34.8 Å². The average Bonchev–Trinajstić information content (AvgIpc) is 2.13. The predicted octanol–water partition coefficient (Wildman–Crippen LogP) is 1.82. The minimum absolute atomic E-state index is 0.498. The highest BCUT2D eigenvalue weighted by atomic mass is 35.5. The number of hydrogen-bond donors (Lipinski definition) is 1. The number of rotatable bonds is 0. The van der Waals surface area contributed by atoms with E-state index in [4.69, 9.17) is 44.7 Å². The summed E-state index contributed by atoms with van der Waals surface area (Å²) in [5.41, 5.74) is 4.26. The van der Waals surface area contributed by atoms with E-state index in [2.05, 4.69) is 5.73 Å². The summed E-state index contributed by atoms with van der Waals surface area (Å²) in [6.07, 6.45) is -5.19. The van der Waals surface area contributed by atoms with E-state index in [1.54, 1.807) is 12.1 Å². The molecule has 96 valence electrons. The maximum absolute atomic E-state index is 10.5. The van der Waals surface area contributed by atoms with Crippen molar-refractivity contribution in [1.29, 1.82) is 0 Å². The van der Waals surface area contributed by atoms with Crippen LogP contribution in [-0.4, -0.2) is 12.1 Å². The zero-order valence-corrected chi connectivity index (χ0v) is 10.2. The first-order chi connectivity index (χ1) is 7.55. The van der Waals surface area contributed by atoms with Crippen molar-refractivity contribution in [2.75, 3.05) is 0 Å². The van der Waals surface area contributed by atoms with E-state index in [9.17, 15) is 13.2 Å². The Morgan fingerprint density at radius 2 is 1.47 bits per heavy atom. The SMILES string of the molecule is O=C([O-])C(F)(F)F.[NH3+]c1c(Cl)cc(Cl)cc1Cl. The maximum Gasteiger partial charge on any atom is 0.430 e. The molecule has 17 heavy (non-hydrogen) atoms. The van der Waals surface area contributed by atoms with Gasteiger partial charge in [-0.2, -0.15) is 13.2 Å². The van der Waals surface area contributed by atoms with Crippen LogP contribution in [0.5, 0.6) is 0 Å². The van der Waals surface area contributed by atoms with Gasteiger partial charge in [0.25, 0.3) is 0 Å². The average molecular weight is 310 g/mol. The number of benzene rings is 1. The zero-order chi connectivity index (χ0) is 13.8. The smallest absolute Gasteiger partial charge is 0.430 e.